The number of hydrogen-bond donors (Lipinski definition) is 3. The summed E-state index contributed by atoms with van der Waals surface area (Å²) >= 11 is 0. The summed E-state index contributed by atoms with van der Waals surface area (Å²) < 4.78 is 4.86. The van der Waals surface area contributed by atoms with Crippen LogP contribution in [0.4, 0.5) is 0 Å². The predicted molar refractivity (Wildman–Crippen MR) is 231 cm³/mol. The smallest absolute Gasteiger partial charge is 0.144 e. The lowest BCUT2D eigenvalue weighted by Crippen LogP contribution is -2.39. The minimum atomic E-state index is -0.132. The summed E-state index contributed by atoms with van der Waals surface area (Å²) in [6.07, 6.45) is 7.82. The van der Waals surface area contributed by atoms with Crippen LogP contribution in [0.25, 0.3) is 60.7 Å². The first-order chi connectivity index (χ1) is 27.8. The van der Waals surface area contributed by atoms with Crippen molar-refractivity contribution in [2.75, 3.05) is 0 Å². The molecule has 2 aromatic heterocycles. The Morgan fingerprint density at radius 1 is 0.482 bits per heavy atom. The highest BCUT2D eigenvalue weighted by Gasteiger charge is 2.26. The van der Waals surface area contributed by atoms with Crippen LogP contribution in [0.1, 0.15) is 40.6 Å². The average Bonchev–Trinajstić information content (AvgIpc) is 3.80. The number of aliphatic imine (C=N–C) groups is 1. The fourth-order valence-corrected chi connectivity index (χ4v) is 8.72. The van der Waals surface area contributed by atoms with Crippen LogP contribution in [0, 0.1) is 0 Å². The van der Waals surface area contributed by atoms with Gasteiger partial charge in [0.05, 0.1) is 28.1 Å². The van der Waals surface area contributed by atoms with Gasteiger partial charge in [-0.2, -0.15) is 0 Å². The van der Waals surface area contributed by atoms with Crippen molar-refractivity contribution >= 4 is 55.5 Å². The van der Waals surface area contributed by atoms with Gasteiger partial charge in [0.25, 0.3) is 0 Å². The minimum absolute atomic E-state index is 0.125. The van der Waals surface area contributed by atoms with Crippen LogP contribution in [-0.2, 0) is 0 Å². The molecule has 0 saturated heterocycles. The van der Waals surface area contributed by atoms with Gasteiger partial charge in [0, 0.05) is 44.8 Å². The first-order valence-electron chi connectivity index (χ1n) is 19.2. The Bertz CT molecular complexity index is 2800. The molecule has 9 aromatic rings. The Morgan fingerprint density at radius 3 is 1.57 bits per heavy atom. The molecule has 2 aliphatic rings. The fraction of sp³-hybridized carbons (Fsp3) is 0.0600. The minimum Gasteiger partial charge on any atom is -0.366 e. The Morgan fingerprint density at radius 2 is 1.02 bits per heavy atom. The quantitative estimate of drug-likeness (QED) is 0.160. The summed E-state index contributed by atoms with van der Waals surface area (Å²) in [5, 5.41) is 16.2. The van der Waals surface area contributed by atoms with Gasteiger partial charge in [-0.25, -0.2) is 0 Å². The molecule has 0 spiro atoms. The van der Waals surface area contributed by atoms with Gasteiger partial charge in [-0.3, -0.25) is 10.3 Å². The molecule has 6 heteroatoms. The molecule has 4 heterocycles. The molecule has 0 amide bonds. The Kier molecular flexibility index (Phi) is 7.67. The van der Waals surface area contributed by atoms with Crippen LogP contribution in [0.3, 0.4) is 0 Å². The van der Waals surface area contributed by atoms with Crippen LogP contribution in [-0.4, -0.2) is 15.3 Å². The van der Waals surface area contributed by atoms with Crippen molar-refractivity contribution in [3.8, 4) is 11.4 Å². The SMILES string of the molecule is C1=CNC(c2cccc(C3=CC(c4cc(-n5c6ccccc6c6ccccc65)cc(-n5c6ccccc6c6ccccc65)c4)NC(c4ccccc4)N3)c2)N=C1. The van der Waals surface area contributed by atoms with Crippen LogP contribution in [0.2, 0.25) is 0 Å². The number of para-hydroxylation sites is 4. The van der Waals surface area contributed by atoms with E-state index in [2.05, 4.69) is 206 Å². The fourth-order valence-electron chi connectivity index (χ4n) is 8.72. The normalized spacial score (nSPS) is 18.0. The molecule has 268 valence electrons. The van der Waals surface area contributed by atoms with E-state index in [1.807, 2.05) is 18.5 Å². The molecule has 0 aliphatic carbocycles. The average molecular weight is 723 g/mol. The third kappa shape index (κ3) is 5.42. The molecule has 0 fully saturated rings. The summed E-state index contributed by atoms with van der Waals surface area (Å²) in [5.41, 5.74) is 12.6. The van der Waals surface area contributed by atoms with Gasteiger partial charge in [-0.15, -0.1) is 0 Å². The van der Waals surface area contributed by atoms with Crippen LogP contribution < -0.4 is 16.0 Å². The van der Waals surface area contributed by atoms with Gasteiger partial charge in [-0.05, 0) is 89.1 Å². The topological polar surface area (TPSA) is 58.3 Å². The third-order valence-corrected chi connectivity index (χ3v) is 11.3. The van der Waals surface area contributed by atoms with E-state index in [1.165, 1.54) is 54.7 Å². The number of fused-ring (bicyclic) bond motifs is 6. The van der Waals surface area contributed by atoms with Gasteiger partial charge < -0.3 is 19.8 Å². The van der Waals surface area contributed by atoms with Gasteiger partial charge in [0.1, 0.15) is 12.3 Å². The predicted octanol–water partition coefficient (Wildman–Crippen LogP) is 11.0. The molecule has 6 nitrogen and oxygen atoms in total. The summed E-state index contributed by atoms with van der Waals surface area (Å²) in [7, 11) is 0. The largest absolute Gasteiger partial charge is 0.366 e. The number of nitrogens with zero attached hydrogens (tertiary/aromatic N) is 3. The molecule has 3 atom stereocenters. The number of aromatic nitrogens is 2. The van der Waals surface area contributed by atoms with Gasteiger partial charge in [0.15, 0.2) is 0 Å². The summed E-state index contributed by atoms with van der Waals surface area (Å²) in [5.74, 6) is 0. The molecular weight excluding hydrogens is 685 g/mol. The van der Waals surface area contributed by atoms with Crippen molar-refractivity contribution < 1.29 is 0 Å². The second-order valence-corrected chi connectivity index (χ2v) is 14.6. The van der Waals surface area contributed by atoms with E-state index in [-0.39, 0.29) is 18.4 Å². The van der Waals surface area contributed by atoms with Crippen molar-refractivity contribution in [3.63, 3.8) is 0 Å². The molecule has 2 aliphatic heterocycles. The van der Waals surface area contributed by atoms with Crippen molar-refractivity contribution in [2.24, 2.45) is 4.99 Å². The Labute approximate surface area is 324 Å². The molecular formula is C50H38N6. The van der Waals surface area contributed by atoms with Crippen molar-refractivity contribution in [2.45, 2.75) is 18.4 Å². The Hall–Kier alpha value is -7.15. The highest BCUT2D eigenvalue weighted by Crippen LogP contribution is 2.38. The zero-order valence-corrected chi connectivity index (χ0v) is 30.5. The molecule has 3 N–H and O–H groups in total. The molecule has 7 aromatic carbocycles. The first kappa shape index (κ1) is 32.3. The highest BCUT2D eigenvalue weighted by molar-refractivity contribution is 6.10. The summed E-state index contributed by atoms with van der Waals surface area (Å²) in [6, 6.07) is 61.3. The number of rotatable bonds is 6. The van der Waals surface area contributed by atoms with Gasteiger partial charge >= 0.3 is 0 Å². The van der Waals surface area contributed by atoms with Gasteiger partial charge in [0.2, 0.25) is 0 Å². The maximum absolute atomic E-state index is 4.69. The molecule has 11 rings (SSSR count). The van der Waals surface area contributed by atoms with Gasteiger partial charge in [-0.1, -0.05) is 121 Å². The van der Waals surface area contributed by atoms with E-state index in [0.29, 0.717) is 0 Å². The zero-order chi connectivity index (χ0) is 37.0. The van der Waals surface area contributed by atoms with E-state index in [4.69, 9.17) is 0 Å². The van der Waals surface area contributed by atoms with E-state index in [1.54, 1.807) is 0 Å². The molecule has 3 unspecified atom stereocenters. The van der Waals surface area contributed by atoms with E-state index in [0.717, 1.165) is 28.2 Å². The lowest BCUT2D eigenvalue weighted by atomic mass is 9.96. The van der Waals surface area contributed by atoms with E-state index in [9.17, 15) is 0 Å². The number of allylic oxidation sites excluding steroid dienone is 1. The molecule has 0 bridgehead atoms. The van der Waals surface area contributed by atoms with Crippen molar-refractivity contribution in [1.29, 1.82) is 0 Å². The molecule has 56 heavy (non-hydrogen) atoms. The third-order valence-electron chi connectivity index (χ3n) is 11.3. The van der Waals surface area contributed by atoms with E-state index >= 15 is 0 Å². The molecule has 0 radical (unpaired) electrons. The summed E-state index contributed by atoms with van der Waals surface area (Å²) in [6.45, 7) is 0. The maximum Gasteiger partial charge on any atom is 0.144 e. The zero-order valence-electron chi connectivity index (χ0n) is 30.5. The van der Waals surface area contributed by atoms with Crippen molar-refractivity contribution in [1.82, 2.24) is 25.1 Å². The van der Waals surface area contributed by atoms with Crippen molar-refractivity contribution in [3.05, 3.63) is 210 Å². The monoisotopic (exact) mass is 722 g/mol. The number of nitrogens with one attached hydrogen (secondary N) is 3. The molecule has 0 saturated carbocycles. The second-order valence-electron chi connectivity index (χ2n) is 14.6. The lowest BCUT2D eigenvalue weighted by Gasteiger charge is -2.34. The number of hydrogen-bond acceptors (Lipinski definition) is 4. The lowest BCUT2D eigenvalue weighted by molar-refractivity contribution is 0.442. The second kappa shape index (κ2) is 13.3. The maximum atomic E-state index is 4.69. The standard InChI is InChI=1S/C50H38N6/c1-2-14-33(15-3-1)50-53-43(34-16-12-17-35(28-34)49-51-26-13-27-52-49)32-44(54-50)36-29-37(55-45-22-8-4-18-39(45)40-19-5-9-23-46(40)55)31-38(30-36)56-47-24-10-6-20-41(47)42-21-7-11-25-48(42)56/h1-32,44,49-51,53-54H. The van der Waals surface area contributed by atoms with Crippen LogP contribution in [0.15, 0.2) is 193 Å². The highest BCUT2D eigenvalue weighted by atomic mass is 15.2. The first-order valence-corrected chi connectivity index (χ1v) is 19.2. The van der Waals surface area contributed by atoms with E-state index < -0.39 is 0 Å². The van der Waals surface area contributed by atoms with Crippen LogP contribution >= 0.6 is 0 Å². The summed E-state index contributed by atoms with van der Waals surface area (Å²) in [4.78, 5) is 4.69. The number of benzene rings is 7. The Balaban J connectivity index is 1.15. The van der Waals surface area contributed by atoms with Crippen LogP contribution in [0.5, 0.6) is 0 Å².